The Labute approximate surface area is 206 Å². The maximum absolute atomic E-state index is 13.7. The second-order valence-corrected chi connectivity index (χ2v) is 9.84. The third kappa shape index (κ3) is 2.89. The van der Waals surface area contributed by atoms with Crippen molar-refractivity contribution in [1.82, 2.24) is 0 Å². The third-order valence-corrected chi connectivity index (χ3v) is 7.99. The van der Waals surface area contributed by atoms with E-state index in [0.29, 0.717) is 11.1 Å². The van der Waals surface area contributed by atoms with Crippen molar-refractivity contribution < 1.29 is 9.59 Å². The van der Waals surface area contributed by atoms with Crippen molar-refractivity contribution in [1.29, 1.82) is 0 Å². The molecule has 0 atom stereocenters. The highest BCUT2D eigenvalue weighted by molar-refractivity contribution is 7.08. The van der Waals surface area contributed by atoms with Gasteiger partial charge in [-0.3, -0.25) is 9.59 Å². The van der Waals surface area contributed by atoms with E-state index >= 15 is 0 Å². The van der Waals surface area contributed by atoms with Gasteiger partial charge in [0.15, 0.2) is 11.6 Å². The van der Waals surface area contributed by atoms with E-state index in [1.165, 1.54) is 11.3 Å². The molecule has 5 aromatic rings. The molecule has 0 spiro atoms. The molecule has 2 aliphatic carbocycles. The minimum atomic E-state index is 0.0263. The molecule has 7 rings (SSSR count). The van der Waals surface area contributed by atoms with Crippen LogP contribution in [0.1, 0.15) is 31.8 Å². The Kier molecular flexibility index (Phi) is 4.35. The highest BCUT2D eigenvalue weighted by Crippen LogP contribution is 2.39. The molecule has 1 aromatic heterocycles. The highest BCUT2D eigenvalue weighted by atomic mass is 32.1. The average molecular weight is 467 g/mol. The van der Waals surface area contributed by atoms with Gasteiger partial charge in [-0.1, -0.05) is 97.1 Å². The molecule has 0 radical (unpaired) electrons. The number of benzene rings is 4. The van der Waals surface area contributed by atoms with Crippen molar-refractivity contribution in [2.24, 2.45) is 0 Å². The topological polar surface area (TPSA) is 34.1 Å². The molecule has 0 saturated heterocycles. The summed E-state index contributed by atoms with van der Waals surface area (Å²) in [5, 5.41) is 0. The molecule has 1 heterocycles. The van der Waals surface area contributed by atoms with Crippen LogP contribution in [-0.2, 0) is 0 Å². The fourth-order valence-corrected chi connectivity index (χ4v) is 6.43. The van der Waals surface area contributed by atoms with E-state index in [1.807, 2.05) is 97.1 Å². The van der Waals surface area contributed by atoms with Crippen LogP contribution in [-0.4, -0.2) is 11.6 Å². The predicted molar refractivity (Wildman–Crippen MR) is 141 cm³/mol. The fourth-order valence-electron chi connectivity index (χ4n) is 5.31. The number of rotatable bonds is 0. The Hall–Kier alpha value is -4.34. The third-order valence-electron chi connectivity index (χ3n) is 6.87. The summed E-state index contributed by atoms with van der Waals surface area (Å²) in [7, 11) is 0. The zero-order chi connectivity index (χ0) is 23.5. The first-order chi connectivity index (χ1) is 17.2. The quantitative estimate of drug-likeness (QED) is 0.286. The molecule has 0 N–H and O–H groups in total. The minimum Gasteiger partial charge on any atom is -0.289 e. The van der Waals surface area contributed by atoms with Crippen LogP contribution in [0.25, 0.3) is 33.4 Å². The molecule has 0 amide bonds. The van der Waals surface area contributed by atoms with Gasteiger partial charge >= 0.3 is 0 Å². The number of carbonyl (C=O) groups is 2. The number of ketones is 2. The summed E-state index contributed by atoms with van der Waals surface area (Å²) in [6.45, 7) is 0. The molecule has 2 nitrogen and oxygen atoms in total. The summed E-state index contributed by atoms with van der Waals surface area (Å²) in [5.41, 5.74) is 8.79. The van der Waals surface area contributed by atoms with E-state index in [2.05, 4.69) is 12.1 Å². The minimum absolute atomic E-state index is 0.0263. The summed E-state index contributed by atoms with van der Waals surface area (Å²) in [6.07, 6.45) is 0. The van der Waals surface area contributed by atoms with Crippen LogP contribution in [0.5, 0.6) is 0 Å². The number of hydrogen-bond acceptors (Lipinski definition) is 3. The van der Waals surface area contributed by atoms with Crippen molar-refractivity contribution in [2.45, 2.75) is 0 Å². The smallest absolute Gasteiger partial charge is 0.195 e. The number of fused-ring (bicyclic) bond motifs is 6. The van der Waals surface area contributed by atoms with Crippen LogP contribution in [0.3, 0.4) is 0 Å². The normalized spacial score (nSPS) is 16.8. The monoisotopic (exact) mass is 466 g/mol. The number of thiophene rings is 1. The van der Waals surface area contributed by atoms with Crippen molar-refractivity contribution in [3.63, 3.8) is 0 Å². The molecule has 0 aliphatic heterocycles. The Morgan fingerprint density at radius 2 is 0.629 bits per heavy atom. The van der Waals surface area contributed by atoms with E-state index < -0.39 is 0 Å². The molecule has 164 valence electrons. The second kappa shape index (κ2) is 7.59. The Morgan fingerprint density at radius 3 is 1.00 bits per heavy atom. The fraction of sp³-hybridized carbons (Fsp3) is 0. The SMILES string of the molecule is O=C1/C(=c2\cc/c(=C3\C(=O)c4ccccc4-c4ccccc43)s2)c2ccccc2-c2ccccc21. The molecule has 0 saturated carbocycles. The van der Waals surface area contributed by atoms with Gasteiger partial charge < -0.3 is 0 Å². The lowest BCUT2D eigenvalue weighted by Gasteiger charge is -2.21. The van der Waals surface area contributed by atoms with Crippen LogP contribution < -0.4 is 9.06 Å². The molecule has 2 aliphatic rings. The Morgan fingerprint density at radius 1 is 0.343 bits per heavy atom. The molecule has 4 aromatic carbocycles. The molecule has 0 fully saturated rings. The first kappa shape index (κ1) is 20.1. The van der Waals surface area contributed by atoms with Gasteiger partial charge in [0.1, 0.15) is 0 Å². The number of carbonyl (C=O) groups excluding carboxylic acids is 2. The Balaban J connectivity index is 1.54. The lowest BCUT2D eigenvalue weighted by Crippen LogP contribution is -2.19. The highest BCUT2D eigenvalue weighted by Gasteiger charge is 2.29. The van der Waals surface area contributed by atoms with Crippen molar-refractivity contribution >= 4 is 34.0 Å². The lowest BCUT2D eigenvalue weighted by molar-refractivity contribution is 0.104. The van der Waals surface area contributed by atoms with Gasteiger partial charge in [0.05, 0.1) is 0 Å². The molecular weight excluding hydrogens is 448 g/mol. The molecule has 3 heteroatoms. The van der Waals surface area contributed by atoms with Gasteiger partial charge in [-0.15, -0.1) is 11.3 Å². The zero-order valence-electron chi connectivity index (χ0n) is 18.6. The predicted octanol–water partition coefficient (Wildman–Crippen LogP) is 5.87. The zero-order valence-corrected chi connectivity index (χ0v) is 19.4. The molecule has 0 unspecified atom stereocenters. The van der Waals surface area contributed by atoms with Crippen LogP contribution in [0.2, 0.25) is 0 Å². The van der Waals surface area contributed by atoms with Crippen molar-refractivity contribution in [2.75, 3.05) is 0 Å². The summed E-state index contributed by atoms with van der Waals surface area (Å²) < 4.78 is 1.76. The number of Topliss-reactive ketones (excluding diaryl/α,β-unsaturated/α-hetero) is 2. The van der Waals surface area contributed by atoms with Gasteiger partial charge in [0.25, 0.3) is 0 Å². The molecular formula is C32H18O2S. The standard InChI is InChI=1S/C32H18O2S/c33-31-25-15-7-3-11-21(25)19-9-1-5-13-23(19)29(31)27-17-18-28(35-27)30-24-14-6-2-10-20(24)22-12-4-8-16-26(22)32(30)34/h1-18H/b29-27+,30-28+. The summed E-state index contributed by atoms with van der Waals surface area (Å²) in [5.74, 6) is 0.0526. The molecule has 35 heavy (non-hydrogen) atoms. The van der Waals surface area contributed by atoms with Crippen molar-refractivity contribution in [3.8, 4) is 22.3 Å². The van der Waals surface area contributed by atoms with Crippen LogP contribution in [0.4, 0.5) is 0 Å². The van der Waals surface area contributed by atoms with Gasteiger partial charge in [-0.05, 0) is 45.5 Å². The van der Waals surface area contributed by atoms with E-state index in [4.69, 9.17) is 0 Å². The van der Waals surface area contributed by atoms with Gasteiger partial charge in [-0.2, -0.15) is 0 Å². The second-order valence-electron chi connectivity index (χ2n) is 8.75. The van der Waals surface area contributed by atoms with Crippen LogP contribution in [0.15, 0.2) is 109 Å². The van der Waals surface area contributed by atoms with Crippen LogP contribution in [0, 0.1) is 0 Å². The van der Waals surface area contributed by atoms with Gasteiger partial charge in [0.2, 0.25) is 0 Å². The summed E-state index contributed by atoms with van der Waals surface area (Å²) in [4.78, 5) is 27.4. The maximum Gasteiger partial charge on any atom is 0.195 e. The first-order valence-corrected chi connectivity index (χ1v) is 12.4. The van der Waals surface area contributed by atoms with E-state index in [0.717, 1.165) is 53.6 Å². The van der Waals surface area contributed by atoms with Crippen molar-refractivity contribution in [3.05, 3.63) is 141 Å². The van der Waals surface area contributed by atoms with E-state index in [9.17, 15) is 9.59 Å². The van der Waals surface area contributed by atoms with Gasteiger partial charge in [-0.25, -0.2) is 0 Å². The summed E-state index contributed by atoms with van der Waals surface area (Å²) >= 11 is 1.51. The first-order valence-electron chi connectivity index (χ1n) is 11.5. The molecule has 0 bridgehead atoms. The largest absolute Gasteiger partial charge is 0.289 e. The summed E-state index contributed by atoms with van der Waals surface area (Å²) in [6, 6.07) is 35.7. The van der Waals surface area contributed by atoms with Gasteiger partial charge in [0, 0.05) is 31.3 Å². The maximum atomic E-state index is 13.7. The van der Waals surface area contributed by atoms with E-state index in [1.54, 1.807) is 0 Å². The lowest BCUT2D eigenvalue weighted by atomic mass is 9.81. The van der Waals surface area contributed by atoms with Crippen LogP contribution >= 0.6 is 11.3 Å². The number of hydrogen-bond donors (Lipinski definition) is 0. The Bertz CT molecular complexity index is 1700. The average Bonchev–Trinajstić information content (AvgIpc) is 3.38. The van der Waals surface area contributed by atoms with E-state index in [-0.39, 0.29) is 11.6 Å².